The summed E-state index contributed by atoms with van der Waals surface area (Å²) in [5.41, 5.74) is 6.51. The molecule has 112 valence electrons. The van der Waals surface area contributed by atoms with E-state index in [1.54, 1.807) is 7.11 Å². The smallest absolute Gasteiger partial charge is 0.227 e. The summed E-state index contributed by atoms with van der Waals surface area (Å²) in [5, 5.41) is 2.88. The largest absolute Gasteiger partial charge is 0.497 e. The molecule has 0 radical (unpaired) electrons. The standard InChI is InChI=1S/C14H20N2O3.ClH/c1-9(7-15)16-14(17)11-5-10-6-12(18-2)3-4-13(10)19-8-11;/h3-4,6,9,11H,5,7-8,15H2,1-2H3,(H,16,17);1H/t9-,11?;/m0./s1. The number of benzene rings is 1. The number of ether oxygens (including phenoxy) is 2. The summed E-state index contributed by atoms with van der Waals surface area (Å²) >= 11 is 0. The molecule has 0 saturated heterocycles. The molecule has 0 bridgehead atoms. The number of nitrogens with one attached hydrogen (secondary N) is 1. The van der Waals surface area contributed by atoms with Crippen LogP contribution in [0.15, 0.2) is 18.2 Å². The number of carbonyl (C=O) groups excluding carboxylic acids is 1. The number of nitrogens with two attached hydrogens (primary N) is 1. The molecule has 0 fully saturated rings. The van der Waals surface area contributed by atoms with Gasteiger partial charge in [0.1, 0.15) is 18.1 Å². The highest BCUT2D eigenvalue weighted by Crippen LogP contribution is 2.30. The van der Waals surface area contributed by atoms with Crippen molar-refractivity contribution in [1.29, 1.82) is 0 Å². The van der Waals surface area contributed by atoms with Crippen LogP contribution in [0.5, 0.6) is 11.5 Å². The maximum atomic E-state index is 12.1. The Balaban J connectivity index is 0.00000200. The van der Waals surface area contributed by atoms with Crippen molar-refractivity contribution >= 4 is 18.3 Å². The van der Waals surface area contributed by atoms with E-state index < -0.39 is 0 Å². The molecule has 6 heteroatoms. The Bertz CT molecular complexity index is 468. The molecule has 2 rings (SSSR count). The topological polar surface area (TPSA) is 73.6 Å². The number of hydrogen-bond acceptors (Lipinski definition) is 4. The van der Waals surface area contributed by atoms with Gasteiger partial charge >= 0.3 is 0 Å². The Labute approximate surface area is 125 Å². The molecule has 2 atom stereocenters. The molecule has 1 aromatic carbocycles. The highest BCUT2D eigenvalue weighted by molar-refractivity contribution is 5.85. The summed E-state index contributed by atoms with van der Waals surface area (Å²) in [4.78, 5) is 12.1. The Morgan fingerprint density at radius 1 is 1.60 bits per heavy atom. The summed E-state index contributed by atoms with van der Waals surface area (Å²) in [6, 6.07) is 5.64. The fraction of sp³-hybridized carbons (Fsp3) is 0.500. The van der Waals surface area contributed by atoms with Crippen molar-refractivity contribution in [2.24, 2.45) is 11.7 Å². The van der Waals surface area contributed by atoms with Crippen molar-refractivity contribution < 1.29 is 14.3 Å². The van der Waals surface area contributed by atoms with Crippen LogP contribution in [0.1, 0.15) is 12.5 Å². The van der Waals surface area contributed by atoms with Gasteiger partial charge in [-0.1, -0.05) is 0 Å². The third-order valence-corrected chi connectivity index (χ3v) is 3.29. The molecule has 0 aromatic heterocycles. The molecule has 1 amide bonds. The van der Waals surface area contributed by atoms with E-state index in [1.807, 2.05) is 25.1 Å². The van der Waals surface area contributed by atoms with Gasteiger partial charge in [-0.15, -0.1) is 12.4 Å². The Morgan fingerprint density at radius 2 is 2.35 bits per heavy atom. The molecule has 0 spiro atoms. The zero-order valence-electron chi connectivity index (χ0n) is 11.7. The lowest BCUT2D eigenvalue weighted by Gasteiger charge is -2.26. The normalized spacial score (nSPS) is 18.1. The Hall–Kier alpha value is -1.46. The maximum Gasteiger partial charge on any atom is 0.227 e. The zero-order chi connectivity index (χ0) is 13.8. The van der Waals surface area contributed by atoms with E-state index in [0.717, 1.165) is 17.1 Å². The number of hydrogen-bond donors (Lipinski definition) is 2. The highest BCUT2D eigenvalue weighted by atomic mass is 35.5. The molecule has 3 N–H and O–H groups in total. The van der Waals surface area contributed by atoms with E-state index in [0.29, 0.717) is 19.6 Å². The van der Waals surface area contributed by atoms with Gasteiger partial charge in [-0.3, -0.25) is 4.79 Å². The van der Waals surface area contributed by atoms with E-state index in [-0.39, 0.29) is 30.3 Å². The molecular formula is C14H21ClN2O3. The first-order valence-electron chi connectivity index (χ1n) is 6.44. The van der Waals surface area contributed by atoms with Gasteiger partial charge in [-0.2, -0.15) is 0 Å². The molecule has 1 heterocycles. The lowest BCUT2D eigenvalue weighted by molar-refractivity contribution is -0.126. The second-order valence-corrected chi connectivity index (χ2v) is 4.83. The highest BCUT2D eigenvalue weighted by Gasteiger charge is 2.26. The number of halogens is 1. The Kier molecular flexibility index (Phi) is 6.10. The van der Waals surface area contributed by atoms with Crippen molar-refractivity contribution in [3.8, 4) is 11.5 Å². The lowest BCUT2D eigenvalue weighted by atomic mass is 9.95. The fourth-order valence-corrected chi connectivity index (χ4v) is 2.09. The second-order valence-electron chi connectivity index (χ2n) is 4.83. The van der Waals surface area contributed by atoms with Gasteiger partial charge in [0, 0.05) is 12.6 Å². The first-order valence-corrected chi connectivity index (χ1v) is 6.44. The third kappa shape index (κ3) is 3.77. The molecule has 20 heavy (non-hydrogen) atoms. The average molecular weight is 301 g/mol. The van der Waals surface area contributed by atoms with Crippen LogP contribution in [0.25, 0.3) is 0 Å². The average Bonchev–Trinajstić information content (AvgIpc) is 2.45. The third-order valence-electron chi connectivity index (χ3n) is 3.29. The van der Waals surface area contributed by atoms with Crippen molar-refractivity contribution in [3.05, 3.63) is 23.8 Å². The van der Waals surface area contributed by atoms with Crippen molar-refractivity contribution in [3.63, 3.8) is 0 Å². The molecular weight excluding hydrogens is 280 g/mol. The van der Waals surface area contributed by atoms with Crippen LogP contribution < -0.4 is 20.5 Å². The number of fused-ring (bicyclic) bond motifs is 1. The molecule has 1 aliphatic rings. The maximum absolute atomic E-state index is 12.1. The van der Waals surface area contributed by atoms with Crippen LogP contribution in [0.2, 0.25) is 0 Å². The van der Waals surface area contributed by atoms with Crippen molar-refractivity contribution in [2.75, 3.05) is 20.3 Å². The monoisotopic (exact) mass is 300 g/mol. The SMILES string of the molecule is COc1ccc2c(c1)CC(C(=O)N[C@@H](C)CN)CO2.Cl. The van der Waals surface area contributed by atoms with Crippen LogP contribution in [0, 0.1) is 5.92 Å². The Morgan fingerprint density at radius 3 is 3.00 bits per heavy atom. The summed E-state index contributed by atoms with van der Waals surface area (Å²) in [6.45, 7) is 2.73. The van der Waals surface area contributed by atoms with Gasteiger partial charge in [0.15, 0.2) is 0 Å². The minimum Gasteiger partial charge on any atom is -0.497 e. The summed E-state index contributed by atoms with van der Waals surface area (Å²) in [6.07, 6.45) is 0.662. The van der Waals surface area contributed by atoms with E-state index in [2.05, 4.69) is 5.32 Å². The van der Waals surface area contributed by atoms with E-state index >= 15 is 0 Å². The van der Waals surface area contributed by atoms with Gasteiger partial charge < -0.3 is 20.5 Å². The van der Waals surface area contributed by atoms with Crippen LogP contribution in [-0.2, 0) is 11.2 Å². The van der Waals surface area contributed by atoms with Crippen molar-refractivity contribution in [2.45, 2.75) is 19.4 Å². The first kappa shape index (κ1) is 16.6. The minimum atomic E-state index is -0.173. The van der Waals surface area contributed by atoms with E-state index in [4.69, 9.17) is 15.2 Å². The van der Waals surface area contributed by atoms with Gasteiger partial charge in [-0.25, -0.2) is 0 Å². The van der Waals surface area contributed by atoms with Crippen LogP contribution in [0.4, 0.5) is 0 Å². The van der Waals surface area contributed by atoms with Gasteiger partial charge in [0.25, 0.3) is 0 Å². The molecule has 0 saturated carbocycles. The predicted molar refractivity (Wildman–Crippen MR) is 79.6 cm³/mol. The van der Waals surface area contributed by atoms with Gasteiger partial charge in [0.2, 0.25) is 5.91 Å². The molecule has 1 aromatic rings. The molecule has 1 aliphatic heterocycles. The van der Waals surface area contributed by atoms with Gasteiger partial charge in [0.05, 0.1) is 13.0 Å². The number of rotatable bonds is 4. The summed E-state index contributed by atoms with van der Waals surface area (Å²) in [5.74, 6) is 1.43. The van der Waals surface area contributed by atoms with Crippen molar-refractivity contribution in [1.82, 2.24) is 5.32 Å². The number of carbonyl (C=O) groups is 1. The van der Waals surface area contributed by atoms with Crippen LogP contribution >= 0.6 is 12.4 Å². The summed E-state index contributed by atoms with van der Waals surface area (Å²) < 4.78 is 10.8. The van der Waals surface area contributed by atoms with Crippen LogP contribution in [-0.4, -0.2) is 32.2 Å². The molecule has 5 nitrogen and oxygen atoms in total. The van der Waals surface area contributed by atoms with E-state index in [9.17, 15) is 4.79 Å². The fourth-order valence-electron chi connectivity index (χ4n) is 2.09. The van der Waals surface area contributed by atoms with Gasteiger partial charge in [-0.05, 0) is 37.1 Å². The molecule has 1 unspecified atom stereocenters. The number of amides is 1. The zero-order valence-corrected chi connectivity index (χ0v) is 12.5. The lowest BCUT2D eigenvalue weighted by Crippen LogP contribution is -2.44. The second kappa shape index (κ2) is 7.36. The first-order chi connectivity index (χ1) is 9.13. The molecule has 0 aliphatic carbocycles. The van der Waals surface area contributed by atoms with Crippen LogP contribution in [0.3, 0.4) is 0 Å². The summed E-state index contributed by atoms with van der Waals surface area (Å²) in [7, 11) is 1.62. The predicted octanol–water partition coefficient (Wildman–Crippen LogP) is 1.13. The minimum absolute atomic E-state index is 0. The van der Waals surface area contributed by atoms with E-state index in [1.165, 1.54) is 0 Å². The number of methoxy groups -OCH3 is 1. The quantitative estimate of drug-likeness (QED) is 0.874.